The highest BCUT2D eigenvalue weighted by Crippen LogP contribution is 2.68. The maximum absolute atomic E-state index is 12.8. The first-order valence-electron chi connectivity index (χ1n) is 12.3. The van der Waals surface area contributed by atoms with Gasteiger partial charge in [0.25, 0.3) is 0 Å². The molecule has 2 unspecified atom stereocenters. The Balaban J connectivity index is 1.40. The van der Waals surface area contributed by atoms with E-state index in [1.54, 1.807) is 7.11 Å². The second-order valence-corrected chi connectivity index (χ2v) is 10.8. The summed E-state index contributed by atoms with van der Waals surface area (Å²) < 4.78 is 12.6. The number of aromatic nitrogens is 1. The van der Waals surface area contributed by atoms with Crippen LogP contribution in [-0.4, -0.2) is 46.8 Å². The molecule has 3 aliphatic carbocycles. The number of aliphatic hydroxyl groups is 1. The normalized spacial score (nSPS) is 33.4. The molecule has 1 saturated heterocycles. The fourth-order valence-corrected chi connectivity index (χ4v) is 7.64. The predicted molar refractivity (Wildman–Crippen MR) is 125 cm³/mol. The molecule has 2 aromatic carbocycles. The van der Waals surface area contributed by atoms with Crippen molar-refractivity contribution in [2.45, 2.75) is 55.3 Å². The summed E-state index contributed by atoms with van der Waals surface area (Å²) >= 11 is 0. The Morgan fingerprint density at radius 3 is 2.91 bits per heavy atom. The van der Waals surface area contributed by atoms with Crippen LogP contribution in [-0.2, 0) is 18.3 Å². The van der Waals surface area contributed by atoms with E-state index in [1.165, 1.54) is 24.0 Å². The predicted octanol–water partition coefficient (Wildman–Crippen LogP) is 3.94. The molecule has 1 saturated carbocycles. The second kappa shape index (κ2) is 6.08. The summed E-state index contributed by atoms with van der Waals surface area (Å²) in [5.41, 5.74) is 4.27. The average Bonchev–Trinajstić information content (AvgIpc) is 3.56. The lowest BCUT2D eigenvalue weighted by molar-refractivity contribution is -0.173. The van der Waals surface area contributed by atoms with E-state index in [1.807, 2.05) is 12.1 Å². The number of hydrogen-bond acceptors (Lipinski definition) is 5. The van der Waals surface area contributed by atoms with Crippen molar-refractivity contribution >= 4 is 10.9 Å². The zero-order valence-electron chi connectivity index (χ0n) is 18.9. The van der Waals surface area contributed by atoms with E-state index in [0.717, 1.165) is 65.5 Å². The fraction of sp³-hybridized carbons (Fsp3) is 0.464. The van der Waals surface area contributed by atoms with Gasteiger partial charge in [0, 0.05) is 30.0 Å². The van der Waals surface area contributed by atoms with Gasteiger partial charge in [-0.15, -0.1) is 0 Å². The summed E-state index contributed by atoms with van der Waals surface area (Å²) in [5.74, 6) is 2.39. The van der Waals surface area contributed by atoms with Gasteiger partial charge in [-0.1, -0.05) is 24.3 Å². The van der Waals surface area contributed by atoms with Crippen LogP contribution in [0.5, 0.6) is 11.5 Å². The second-order valence-electron chi connectivity index (χ2n) is 10.8. The van der Waals surface area contributed by atoms with Crippen molar-refractivity contribution in [1.29, 1.82) is 0 Å². The first-order chi connectivity index (χ1) is 16.1. The lowest BCUT2D eigenvalue weighted by atomic mass is 9.49. The Hall–Kier alpha value is -2.63. The minimum absolute atomic E-state index is 0.101. The Morgan fingerprint density at radius 2 is 2.06 bits per heavy atom. The van der Waals surface area contributed by atoms with Gasteiger partial charge in [0.2, 0.25) is 0 Å². The highest BCUT2D eigenvalue weighted by molar-refractivity contribution is 5.80. The summed E-state index contributed by atoms with van der Waals surface area (Å²) in [7, 11) is 1.71. The molecule has 1 spiro atoms. The van der Waals surface area contributed by atoms with Crippen LogP contribution in [0.2, 0.25) is 0 Å². The van der Waals surface area contributed by atoms with Gasteiger partial charge < -0.3 is 14.6 Å². The Morgan fingerprint density at radius 1 is 1.18 bits per heavy atom. The molecule has 33 heavy (non-hydrogen) atoms. The molecule has 0 amide bonds. The average molecular weight is 441 g/mol. The molecule has 2 aliphatic heterocycles. The SMILES string of the molecule is COc1ccc2c3c1OC1c4nc5ccccc5cc4CC4(O)[C@@H](C2)N(CC2CC2)CC[C@]314. The van der Waals surface area contributed by atoms with Crippen LogP contribution < -0.4 is 9.47 Å². The van der Waals surface area contributed by atoms with Crippen molar-refractivity contribution in [2.24, 2.45) is 5.92 Å². The number of fused-ring (bicyclic) bond motifs is 3. The standard InChI is InChI=1S/C28H28N2O3/c1-32-21-9-8-18-13-22-28(31)14-19-12-17-4-2-3-5-20(17)29-24(19)26-27(28,23(18)25(21)33-26)10-11-30(22)15-16-6-7-16/h2-5,8-9,12,16,22,26,31H,6-7,10-11,13-15H2,1H3/t22-,26?,27+,28?/m1/s1. The van der Waals surface area contributed by atoms with Gasteiger partial charge in [-0.2, -0.15) is 0 Å². The summed E-state index contributed by atoms with van der Waals surface area (Å²) in [4.78, 5) is 7.75. The van der Waals surface area contributed by atoms with Crippen molar-refractivity contribution in [3.05, 3.63) is 64.8 Å². The van der Waals surface area contributed by atoms with E-state index in [4.69, 9.17) is 14.5 Å². The lowest BCUT2D eigenvalue weighted by Crippen LogP contribution is -2.74. The number of para-hydroxylation sites is 1. The van der Waals surface area contributed by atoms with Crippen LogP contribution >= 0.6 is 0 Å². The molecule has 168 valence electrons. The van der Waals surface area contributed by atoms with Gasteiger partial charge in [0.1, 0.15) is 0 Å². The Labute approximate surface area is 193 Å². The Kier molecular flexibility index (Phi) is 3.45. The van der Waals surface area contributed by atoms with Crippen LogP contribution in [0.15, 0.2) is 42.5 Å². The van der Waals surface area contributed by atoms with E-state index >= 15 is 0 Å². The number of benzene rings is 2. The molecule has 1 aromatic heterocycles. The van der Waals surface area contributed by atoms with Crippen LogP contribution in [0.4, 0.5) is 0 Å². The number of pyridine rings is 1. The zero-order chi connectivity index (χ0) is 21.9. The molecule has 1 N–H and O–H groups in total. The van der Waals surface area contributed by atoms with Gasteiger partial charge in [0.15, 0.2) is 17.6 Å². The van der Waals surface area contributed by atoms with Gasteiger partial charge in [0.05, 0.1) is 29.3 Å². The topological polar surface area (TPSA) is 54.8 Å². The van der Waals surface area contributed by atoms with E-state index < -0.39 is 11.0 Å². The fourth-order valence-electron chi connectivity index (χ4n) is 7.64. The number of methoxy groups -OCH3 is 1. The molecule has 3 aromatic rings. The zero-order valence-corrected chi connectivity index (χ0v) is 18.9. The van der Waals surface area contributed by atoms with Crippen LogP contribution in [0, 0.1) is 5.92 Å². The minimum atomic E-state index is -0.882. The van der Waals surface area contributed by atoms with E-state index in [0.29, 0.717) is 6.42 Å². The van der Waals surface area contributed by atoms with Gasteiger partial charge in [-0.05, 0) is 67.5 Å². The van der Waals surface area contributed by atoms with Crippen molar-refractivity contribution in [1.82, 2.24) is 9.88 Å². The third-order valence-corrected chi connectivity index (χ3v) is 9.26. The molecule has 0 radical (unpaired) electrons. The van der Waals surface area contributed by atoms with Crippen molar-refractivity contribution in [3.8, 4) is 11.5 Å². The molecule has 2 bridgehead atoms. The molecule has 5 heteroatoms. The van der Waals surface area contributed by atoms with E-state index in [9.17, 15) is 5.11 Å². The van der Waals surface area contributed by atoms with Gasteiger partial charge in [-0.25, -0.2) is 4.98 Å². The molecular formula is C28H28N2O3. The third-order valence-electron chi connectivity index (χ3n) is 9.26. The summed E-state index contributed by atoms with van der Waals surface area (Å²) in [6, 6.07) is 14.9. The molecule has 2 fully saturated rings. The highest BCUT2D eigenvalue weighted by atomic mass is 16.5. The smallest absolute Gasteiger partial charge is 0.166 e. The molecule has 4 atom stereocenters. The molecule has 3 heterocycles. The maximum Gasteiger partial charge on any atom is 0.166 e. The third kappa shape index (κ3) is 2.18. The quantitative estimate of drug-likeness (QED) is 0.669. The van der Waals surface area contributed by atoms with Crippen LogP contribution in [0.3, 0.4) is 0 Å². The number of hydrogen-bond donors (Lipinski definition) is 1. The first-order valence-corrected chi connectivity index (χ1v) is 12.3. The Bertz CT molecular complexity index is 1330. The van der Waals surface area contributed by atoms with Crippen LogP contribution in [0.1, 0.15) is 47.8 Å². The number of rotatable bonds is 3. The summed E-state index contributed by atoms with van der Waals surface area (Å²) in [6.45, 7) is 2.11. The number of ether oxygens (including phenoxy) is 2. The number of piperidine rings is 1. The monoisotopic (exact) mass is 440 g/mol. The summed E-state index contributed by atoms with van der Waals surface area (Å²) in [6.07, 6.45) is 4.75. The van der Waals surface area contributed by atoms with Crippen molar-refractivity contribution in [2.75, 3.05) is 20.2 Å². The number of likely N-dealkylation sites (tertiary alicyclic amines) is 1. The highest BCUT2D eigenvalue weighted by Gasteiger charge is 2.72. The van der Waals surface area contributed by atoms with Gasteiger partial charge >= 0.3 is 0 Å². The molecule has 8 rings (SSSR count). The molecule has 5 aliphatic rings. The van der Waals surface area contributed by atoms with Crippen molar-refractivity contribution in [3.63, 3.8) is 0 Å². The minimum Gasteiger partial charge on any atom is -0.493 e. The van der Waals surface area contributed by atoms with E-state index in [2.05, 4.69) is 35.2 Å². The van der Waals surface area contributed by atoms with Gasteiger partial charge in [-0.3, -0.25) is 4.90 Å². The largest absolute Gasteiger partial charge is 0.493 e. The molecule has 5 nitrogen and oxygen atoms in total. The number of nitrogens with zero attached hydrogens (tertiary/aromatic N) is 2. The summed E-state index contributed by atoms with van der Waals surface area (Å²) in [5, 5.41) is 13.9. The van der Waals surface area contributed by atoms with Crippen LogP contribution in [0.25, 0.3) is 10.9 Å². The molecular weight excluding hydrogens is 412 g/mol. The first kappa shape index (κ1) is 18.8. The van der Waals surface area contributed by atoms with E-state index in [-0.39, 0.29) is 12.1 Å². The maximum atomic E-state index is 12.8. The van der Waals surface area contributed by atoms with Crippen molar-refractivity contribution < 1.29 is 14.6 Å². The lowest BCUT2D eigenvalue weighted by Gasteiger charge is -2.63.